The van der Waals surface area contributed by atoms with E-state index in [-0.39, 0.29) is 0 Å². The third-order valence-corrected chi connectivity index (χ3v) is 1.54. The SMILES string of the molecule is C=C.Cc1cc2ccc1=2.O=C([O-])[O-]. The van der Waals surface area contributed by atoms with Crippen molar-refractivity contribution in [3.63, 3.8) is 0 Å². The summed E-state index contributed by atoms with van der Waals surface area (Å²) in [4.78, 5) is 8.33. The van der Waals surface area contributed by atoms with E-state index in [0.29, 0.717) is 0 Å². The second-order valence-electron chi connectivity index (χ2n) is 2.28. The molecule has 0 saturated heterocycles. The molecule has 0 saturated carbocycles. The summed E-state index contributed by atoms with van der Waals surface area (Å²) in [5.74, 6) is 0. The quantitative estimate of drug-likeness (QED) is 0.531. The average molecular weight is 178 g/mol. The molecule has 2 rings (SSSR count). The van der Waals surface area contributed by atoms with Gasteiger partial charge in [0.2, 0.25) is 0 Å². The Balaban J connectivity index is 0.000000211. The molecule has 0 bridgehead atoms. The number of hydrogen-bond acceptors (Lipinski definition) is 3. The molecule has 3 heteroatoms. The Morgan fingerprint density at radius 1 is 1.31 bits per heavy atom. The second-order valence-corrected chi connectivity index (χ2v) is 2.28. The molecule has 3 nitrogen and oxygen atoms in total. The van der Waals surface area contributed by atoms with Gasteiger partial charge in [-0.15, -0.1) is 13.2 Å². The van der Waals surface area contributed by atoms with Crippen molar-refractivity contribution in [2.45, 2.75) is 6.92 Å². The van der Waals surface area contributed by atoms with Gasteiger partial charge in [-0.25, -0.2) is 0 Å². The van der Waals surface area contributed by atoms with Crippen molar-refractivity contribution in [2.75, 3.05) is 0 Å². The van der Waals surface area contributed by atoms with Gasteiger partial charge in [0, 0.05) is 0 Å². The van der Waals surface area contributed by atoms with Crippen LogP contribution in [0.15, 0.2) is 31.4 Å². The topological polar surface area (TPSA) is 63.2 Å². The Bertz CT molecular complexity index is 378. The molecule has 0 aliphatic heterocycles. The normalized spacial score (nSPS) is 8.38. The van der Waals surface area contributed by atoms with Crippen LogP contribution in [0.4, 0.5) is 4.79 Å². The average Bonchev–Trinajstić information content (AvgIpc) is 2.02. The maximum absolute atomic E-state index is 8.33. The number of rotatable bonds is 0. The van der Waals surface area contributed by atoms with Crippen LogP contribution in [0, 0.1) is 17.4 Å². The molecule has 2 aliphatic rings. The standard InChI is InChI=1S/C7H6.C2H4.CH2O3/c1-5-4-6-2-3-7(5)6;1-2;2-1(3)4/h2-4H,1H3;1-2H2;(H2,2,3,4)/p-2. The molecule has 13 heavy (non-hydrogen) atoms. The van der Waals surface area contributed by atoms with Gasteiger partial charge in [0.1, 0.15) is 0 Å². The van der Waals surface area contributed by atoms with Crippen molar-refractivity contribution < 1.29 is 15.0 Å². The molecule has 0 atom stereocenters. The molecule has 70 valence electrons. The number of carboxylic acid groups (broad SMARTS) is 2. The van der Waals surface area contributed by atoms with Gasteiger partial charge in [-0.2, -0.15) is 0 Å². The fourth-order valence-electron chi connectivity index (χ4n) is 0.981. The summed E-state index contributed by atoms with van der Waals surface area (Å²) < 4.78 is 0. The van der Waals surface area contributed by atoms with Crippen molar-refractivity contribution in [3.05, 3.63) is 47.4 Å². The molecule has 0 aromatic rings. The Morgan fingerprint density at radius 3 is 1.77 bits per heavy atom. The van der Waals surface area contributed by atoms with E-state index in [9.17, 15) is 0 Å². The molecular weight excluding hydrogens is 168 g/mol. The highest BCUT2D eigenvalue weighted by molar-refractivity contribution is 5.47. The summed E-state index contributed by atoms with van der Waals surface area (Å²) >= 11 is 0. The van der Waals surface area contributed by atoms with Crippen LogP contribution in [0.2, 0.25) is 0 Å². The smallest absolute Gasteiger partial charge is 0.0154 e. The highest BCUT2D eigenvalue weighted by atomic mass is 16.6. The highest BCUT2D eigenvalue weighted by Crippen LogP contribution is 2.12. The molecule has 0 radical (unpaired) electrons. The van der Waals surface area contributed by atoms with E-state index in [1.54, 1.807) is 0 Å². The van der Waals surface area contributed by atoms with Crippen molar-refractivity contribution in [3.8, 4) is 0 Å². The number of hydrogen-bond donors (Lipinski definition) is 0. The van der Waals surface area contributed by atoms with E-state index in [4.69, 9.17) is 15.0 Å². The van der Waals surface area contributed by atoms with Crippen molar-refractivity contribution in [2.24, 2.45) is 0 Å². The zero-order chi connectivity index (χ0) is 10.4. The molecule has 0 fully saturated rings. The van der Waals surface area contributed by atoms with Crippen LogP contribution in [0.3, 0.4) is 0 Å². The molecule has 0 amide bonds. The summed E-state index contributed by atoms with van der Waals surface area (Å²) in [7, 11) is 0. The first-order valence-electron chi connectivity index (χ1n) is 3.60. The van der Waals surface area contributed by atoms with Crippen LogP contribution in [-0.4, -0.2) is 6.16 Å². The summed E-state index contributed by atoms with van der Waals surface area (Å²) in [6.45, 7) is 8.14. The molecule has 0 aromatic heterocycles. The van der Waals surface area contributed by atoms with Crippen LogP contribution < -0.4 is 10.2 Å². The molecule has 0 heterocycles. The molecule has 0 spiro atoms. The van der Waals surface area contributed by atoms with Crippen molar-refractivity contribution in [1.29, 1.82) is 0 Å². The van der Waals surface area contributed by atoms with Crippen molar-refractivity contribution in [1.82, 2.24) is 0 Å². The monoisotopic (exact) mass is 178 g/mol. The Hall–Kier alpha value is -1.77. The van der Waals surface area contributed by atoms with Gasteiger partial charge in [0.15, 0.2) is 0 Å². The van der Waals surface area contributed by atoms with Gasteiger partial charge in [-0.05, 0) is 29.1 Å². The maximum Gasteiger partial charge on any atom is -0.0154 e. The first-order valence-corrected chi connectivity index (χ1v) is 3.60. The number of aryl methyl sites for hydroxylation is 1. The minimum atomic E-state index is -2.33. The van der Waals surface area contributed by atoms with Gasteiger partial charge in [-0.1, -0.05) is 18.2 Å². The van der Waals surface area contributed by atoms with Gasteiger partial charge < -0.3 is 15.0 Å². The Kier molecular flexibility index (Phi) is 4.30. The van der Waals surface area contributed by atoms with Gasteiger partial charge in [0.25, 0.3) is 0 Å². The van der Waals surface area contributed by atoms with E-state index in [1.807, 2.05) is 0 Å². The van der Waals surface area contributed by atoms with Gasteiger partial charge in [0.05, 0.1) is 0 Å². The van der Waals surface area contributed by atoms with E-state index < -0.39 is 6.16 Å². The third kappa shape index (κ3) is 2.99. The fraction of sp³-hybridized carbons (Fsp3) is 0.100. The molecule has 0 unspecified atom stereocenters. The second kappa shape index (κ2) is 4.98. The van der Waals surface area contributed by atoms with Gasteiger partial charge in [-0.3, -0.25) is 0 Å². The van der Waals surface area contributed by atoms with E-state index in [2.05, 4.69) is 38.3 Å². The minimum Gasteiger partial charge on any atom is -0.652 e. The molecule has 2 aliphatic carbocycles. The highest BCUT2D eigenvalue weighted by Gasteiger charge is 1.97. The number of carbonyl (C=O) groups excluding carboxylic acids is 1. The Labute approximate surface area is 76.3 Å². The number of carbonyl (C=O) groups is 1. The zero-order valence-corrected chi connectivity index (χ0v) is 7.37. The first kappa shape index (κ1) is 11.2. The largest absolute Gasteiger partial charge is 0.652 e. The van der Waals surface area contributed by atoms with E-state index in [1.165, 1.54) is 16.0 Å². The lowest BCUT2D eigenvalue weighted by atomic mass is 10.0. The predicted octanol–water partition coefficient (Wildman–Crippen LogP) is -0.0494. The lowest BCUT2D eigenvalue weighted by Gasteiger charge is -2.04. The molecule has 0 N–H and O–H groups in total. The lowest BCUT2D eigenvalue weighted by molar-refractivity contribution is -0.415. The minimum absolute atomic E-state index is 1.44. The van der Waals surface area contributed by atoms with E-state index in [0.717, 1.165) is 0 Å². The number of benzene rings is 1. The molecular formula is C10H10O3-2. The molecule has 0 aromatic carbocycles. The lowest BCUT2D eigenvalue weighted by Crippen LogP contribution is -2.37. The van der Waals surface area contributed by atoms with Crippen LogP contribution >= 0.6 is 0 Å². The summed E-state index contributed by atoms with van der Waals surface area (Å²) in [5.41, 5.74) is 1.44. The van der Waals surface area contributed by atoms with E-state index >= 15 is 0 Å². The summed E-state index contributed by atoms with van der Waals surface area (Å²) in [5, 5.41) is 19.6. The van der Waals surface area contributed by atoms with Crippen LogP contribution in [-0.2, 0) is 0 Å². The summed E-state index contributed by atoms with van der Waals surface area (Å²) in [6, 6.07) is 6.50. The van der Waals surface area contributed by atoms with Crippen LogP contribution in [0.25, 0.3) is 0 Å². The zero-order valence-electron chi connectivity index (χ0n) is 7.37. The Morgan fingerprint density at radius 2 is 1.77 bits per heavy atom. The van der Waals surface area contributed by atoms with Gasteiger partial charge >= 0.3 is 0 Å². The predicted molar refractivity (Wildman–Crippen MR) is 45.5 cm³/mol. The summed E-state index contributed by atoms with van der Waals surface area (Å²) in [6.07, 6.45) is -2.33. The van der Waals surface area contributed by atoms with Crippen LogP contribution in [0.1, 0.15) is 5.56 Å². The fourth-order valence-corrected chi connectivity index (χ4v) is 0.981. The maximum atomic E-state index is 8.33. The first-order chi connectivity index (χ1) is 6.11. The van der Waals surface area contributed by atoms with Crippen molar-refractivity contribution >= 4 is 6.16 Å². The third-order valence-electron chi connectivity index (χ3n) is 1.54. The van der Waals surface area contributed by atoms with Crippen LogP contribution in [0.5, 0.6) is 0 Å².